The minimum atomic E-state index is -3.26. The second-order valence-corrected chi connectivity index (χ2v) is 5.04. The van der Waals surface area contributed by atoms with Crippen molar-refractivity contribution in [1.29, 1.82) is 0 Å². The van der Waals surface area contributed by atoms with Gasteiger partial charge in [-0.2, -0.15) is 0 Å². The normalized spacial score (nSPS) is 25.6. The number of sulfonamides is 1. The SMILES string of the molecule is NS(=O)(=O)CCC1CCCCN1. The van der Waals surface area contributed by atoms with Gasteiger partial charge in [0.2, 0.25) is 10.0 Å². The molecule has 1 saturated heterocycles. The van der Waals surface area contributed by atoms with Crippen molar-refractivity contribution >= 4 is 10.0 Å². The lowest BCUT2D eigenvalue weighted by molar-refractivity contribution is 0.392. The van der Waals surface area contributed by atoms with Crippen molar-refractivity contribution in [1.82, 2.24) is 5.32 Å². The lowest BCUT2D eigenvalue weighted by Gasteiger charge is -2.22. The van der Waals surface area contributed by atoms with Crippen molar-refractivity contribution in [3.63, 3.8) is 0 Å². The van der Waals surface area contributed by atoms with Crippen LogP contribution in [0, 0.1) is 0 Å². The molecule has 0 aliphatic carbocycles. The molecule has 5 heteroatoms. The summed E-state index contributed by atoms with van der Waals surface area (Å²) in [5, 5.41) is 8.17. The summed E-state index contributed by atoms with van der Waals surface area (Å²) in [4.78, 5) is 0. The fraction of sp³-hybridized carbons (Fsp3) is 1.00. The number of rotatable bonds is 3. The van der Waals surface area contributed by atoms with Gasteiger partial charge in [0.25, 0.3) is 0 Å². The van der Waals surface area contributed by atoms with Crippen molar-refractivity contribution < 1.29 is 8.42 Å². The summed E-state index contributed by atoms with van der Waals surface area (Å²) in [5.41, 5.74) is 0. The Bertz CT molecular complexity index is 220. The van der Waals surface area contributed by atoms with E-state index in [4.69, 9.17) is 5.14 Å². The molecule has 72 valence electrons. The average molecular weight is 192 g/mol. The molecule has 3 N–H and O–H groups in total. The molecule has 0 saturated carbocycles. The summed E-state index contributed by atoms with van der Waals surface area (Å²) in [6.45, 7) is 1.01. The molecule has 1 fully saturated rings. The zero-order chi connectivity index (χ0) is 9.03. The Morgan fingerprint density at radius 1 is 1.42 bits per heavy atom. The maximum Gasteiger partial charge on any atom is 0.209 e. The van der Waals surface area contributed by atoms with E-state index in [1.54, 1.807) is 0 Å². The van der Waals surface area contributed by atoms with Crippen LogP contribution in [0.15, 0.2) is 0 Å². The van der Waals surface area contributed by atoms with Crippen molar-refractivity contribution in [3.05, 3.63) is 0 Å². The lowest BCUT2D eigenvalue weighted by atomic mass is 10.0. The van der Waals surface area contributed by atoms with Gasteiger partial charge in [-0.25, -0.2) is 13.6 Å². The van der Waals surface area contributed by atoms with E-state index >= 15 is 0 Å². The topological polar surface area (TPSA) is 72.2 Å². The van der Waals surface area contributed by atoms with Crippen LogP contribution in [-0.4, -0.2) is 26.8 Å². The molecule has 1 rings (SSSR count). The molecule has 0 aromatic carbocycles. The van der Waals surface area contributed by atoms with Gasteiger partial charge in [0.15, 0.2) is 0 Å². The van der Waals surface area contributed by atoms with Crippen LogP contribution in [0.5, 0.6) is 0 Å². The fourth-order valence-corrected chi connectivity index (χ4v) is 2.09. The van der Waals surface area contributed by atoms with Gasteiger partial charge in [-0.3, -0.25) is 0 Å². The van der Waals surface area contributed by atoms with Crippen LogP contribution in [0.3, 0.4) is 0 Å². The molecule has 0 spiro atoms. The molecule has 1 atom stereocenters. The first-order valence-corrected chi connectivity index (χ1v) is 6.03. The second-order valence-electron chi connectivity index (χ2n) is 3.30. The van der Waals surface area contributed by atoms with Gasteiger partial charge < -0.3 is 5.32 Å². The fourth-order valence-electron chi connectivity index (χ4n) is 1.48. The van der Waals surface area contributed by atoms with E-state index in [2.05, 4.69) is 5.32 Å². The Hall–Kier alpha value is -0.130. The van der Waals surface area contributed by atoms with E-state index in [9.17, 15) is 8.42 Å². The first kappa shape index (κ1) is 9.95. The third-order valence-electron chi connectivity index (χ3n) is 2.16. The maximum absolute atomic E-state index is 10.6. The molecule has 0 aromatic heterocycles. The number of piperidine rings is 1. The summed E-state index contributed by atoms with van der Waals surface area (Å²) in [7, 11) is -3.26. The van der Waals surface area contributed by atoms with Crippen LogP contribution in [0.4, 0.5) is 0 Å². The number of primary sulfonamides is 1. The average Bonchev–Trinajstić information content (AvgIpc) is 2.02. The standard InChI is InChI=1S/C7H16N2O2S/c8-12(10,11)6-4-7-3-1-2-5-9-7/h7,9H,1-6H2,(H2,8,10,11). The minimum Gasteiger partial charge on any atom is -0.314 e. The van der Waals surface area contributed by atoms with Crippen LogP contribution < -0.4 is 10.5 Å². The molecule has 1 aliphatic heterocycles. The van der Waals surface area contributed by atoms with Crippen molar-refractivity contribution in [2.24, 2.45) is 5.14 Å². The molecule has 4 nitrogen and oxygen atoms in total. The number of nitrogens with one attached hydrogen (secondary N) is 1. The molecule has 0 amide bonds. The van der Waals surface area contributed by atoms with Gasteiger partial charge in [0.05, 0.1) is 5.75 Å². The Labute approximate surface area is 73.6 Å². The van der Waals surface area contributed by atoms with Crippen LogP contribution in [0.25, 0.3) is 0 Å². The van der Waals surface area contributed by atoms with Crippen molar-refractivity contribution in [2.75, 3.05) is 12.3 Å². The third kappa shape index (κ3) is 4.04. The van der Waals surface area contributed by atoms with Gasteiger partial charge in [0, 0.05) is 6.04 Å². The summed E-state index contributed by atoms with van der Waals surface area (Å²) in [6.07, 6.45) is 4.13. The summed E-state index contributed by atoms with van der Waals surface area (Å²) in [6, 6.07) is 0.358. The van der Waals surface area contributed by atoms with Crippen molar-refractivity contribution in [2.45, 2.75) is 31.7 Å². The molecule has 1 unspecified atom stereocenters. The molecule has 1 aliphatic rings. The van der Waals surface area contributed by atoms with Crippen LogP contribution in [0.1, 0.15) is 25.7 Å². The van der Waals surface area contributed by atoms with E-state index < -0.39 is 10.0 Å². The zero-order valence-corrected chi connectivity index (χ0v) is 7.94. The second kappa shape index (κ2) is 4.20. The highest BCUT2D eigenvalue weighted by Gasteiger charge is 2.14. The first-order valence-electron chi connectivity index (χ1n) is 4.32. The minimum absolute atomic E-state index is 0.102. The van der Waals surface area contributed by atoms with Crippen LogP contribution in [-0.2, 0) is 10.0 Å². The third-order valence-corrected chi connectivity index (χ3v) is 2.97. The lowest BCUT2D eigenvalue weighted by Crippen LogP contribution is -2.36. The molecular weight excluding hydrogens is 176 g/mol. The Balaban J connectivity index is 2.22. The quantitative estimate of drug-likeness (QED) is 0.651. The molecule has 12 heavy (non-hydrogen) atoms. The van der Waals surface area contributed by atoms with E-state index in [1.165, 1.54) is 12.8 Å². The van der Waals surface area contributed by atoms with Gasteiger partial charge in [-0.05, 0) is 25.8 Å². The van der Waals surface area contributed by atoms with E-state index in [0.29, 0.717) is 12.5 Å². The zero-order valence-electron chi connectivity index (χ0n) is 7.12. The highest BCUT2D eigenvalue weighted by molar-refractivity contribution is 7.89. The summed E-state index contributed by atoms with van der Waals surface area (Å²) < 4.78 is 21.2. The van der Waals surface area contributed by atoms with E-state index in [0.717, 1.165) is 13.0 Å². The Morgan fingerprint density at radius 3 is 2.67 bits per heavy atom. The van der Waals surface area contributed by atoms with E-state index in [-0.39, 0.29) is 5.75 Å². The largest absolute Gasteiger partial charge is 0.314 e. The molecule has 0 aromatic rings. The van der Waals surface area contributed by atoms with Gasteiger partial charge in [0.1, 0.15) is 0 Å². The predicted molar refractivity (Wildman–Crippen MR) is 48.2 cm³/mol. The van der Waals surface area contributed by atoms with E-state index in [1.807, 2.05) is 0 Å². The van der Waals surface area contributed by atoms with Crippen LogP contribution in [0.2, 0.25) is 0 Å². The Morgan fingerprint density at radius 2 is 2.17 bits per heavy atom. The molecule has 0 bridgehead atoms. The number of hydrogen-bond donors (Lipinski definition) is 2. The first-order chi connectivity index (χ1) is 5.58. The predicted octanol–water partition coefficient (Wildman–Crippen LogP) is -0.193. The Kier molecular flexibility index (Phi) is 3.49. The van der Waals surface area contributed by atoms with Gasteiger partial charge in [-0.1, -0.05) is 6.42 Å². The molecule has 1 heterocycles. The maximum atomic E-state index is 10.6. The number of hydrogen-bond acceptors (Lipinski definition) is 3. The monoisotopic (exact) mass is 192 g/mol. The molecule has 0 radical (unpaired) electrons. The highest BCUT2D eigenvalue weighted by atomic mass is 32.2. The van der Waals surface area contributed by atoms with Crippen LogP contribution >= 0.6 is 0 Å². The van der Waals surface area contributed by atoms with Gasteiger partial charge >= 0.3 is 0 Å². The summed E-state index contributed by atoms with van der Waals surface area (Å²) in [5.74, 6) is 0.102. The van der Waals surface area contributed by atoms with Gasteiger partial charge in [-0.15, -0.1) is 0 Å². The summed E-state index contributed by atoms with van der Waals surface area (Å²) >= 11 is 0. The number of nitrogens with two attached hydrogens (primary N) is 1. The smallest absolute Gasteiger partial charge is 0.209 e. The molecular formula is C7H16N2O2S. The van der Waals surface area contributed by atoms with Crippen molar-refractivity contribution in [3.8, 4) is 0 Å². The highest BCUT2D eigenvalue weighted by Crippen LogP contribution is 2.10.